The summed E-state index contributed by atoms with van der Waals surface area (Å²) in [4.78, 5) is 9.25. The van der Waals surface area contributed by atoms with Crippen LogP contribution in [0.1, 0.15) is 19.8 Å². The lowest BCUT2D eigenvalue weighted by atomic mass is 10.4. The number of carboxylic acid groups (broad SMARTS) is 1. The number of epoxide rings is 1. The third kappa shape index (κ3) is 11.1. The maximum atomic E-state index is 9.25. The lowest BCUT2D eigenvalue weighted by molar-refractivity contribution is -0.131. The quantitative estimate of drug-likeness (QED) is 0.402. The number of carboxylic acids is 1. The van der Waals surface area contributed by atoms with E-state index in [0.29, 0.717) is 6.10 Å². The first-order chi connectivity index (χ1) is 6.70. The van der Waals surface area contributed by atoms with Gasteiger partial charge in [-0.15, -0.1) is 0 Å². The van der Waals surface area contributed by atoms with Gasteiger partial charge in [-0.3, -0.25) is 0 Å². The molecule has 1 heterocycles. The second-order valence-electron chi connectivity index (χ2n) is 2.93. The molecule has 0 aromatic carbocycles. The Morgan fingerprint density at radius 2 is 2.36 bits per heavy atom. The first kappa shape index (κ1) is 13.1. The minimum Gasteiger partial charge on any atom is -0.478 e. The molecule has 0 aliphatic carbocycles. The van der Waals surface area contributed by atoms with E-state index in [1.165, 1.54) is 12.8 Å². The standard InChI is InChI=1S/C7H14O2.C3H4O2/c1-2-3-4-8-5-7-6-9-7;1-2-3(4)5/h7H,2-6H2,1H3;2H,1H2,(H,4,5). The van der Waals surface area contributed by atoms with Crippen LogP contribution in [0.5, 0.6) is 0 Å². The van der Waals surface area contributed by atoms with Crippen LogP contribution in [-0.2, 0) is 14.3 Å². The van der Waals surface area contributed by atoms with Crippen LogP contribution < -0.4 is 0 Å². The second kappa shape index (κ2) is 8.72. The maximum absolute atomic E-state index is 9.25. The Bertz CT molecular complexity index is 164. The van der Waals surface area contributed by atoms with Crippen LogP contribution >= 0.6 is 0 Å². The van der Waals surface area contributed by atoms with Crippen molar-refractivity contribution in [2.45, 2.75) is 25.9 Å². The van der Waals surface area contributed by atoms with Gasteiger partial charge in [0.1, 0.15) is 6.10 Å². The highest BCUT2D eigenvalue weighted by Gasteiger charge is 2.21. The van der Waals surface area contributed by atoms with E-state index in [2.05, 4.69) is 13.5 Å². The molecule has 1 rings (SSSR count). The molecule has 1 saturated heterocycles. The molecule has 0 radical (unpaired) electrons. The summed E-state index contributed by atoms with van der Waals surface area (Å²) in [6, 6.07) is 0. The van der Waals surface area contributed by atoms with Crippen molar-refractivity contribution in [1.29, 1.82) is 0 Å². The number of ether oxygens (including phenoxy) is 2. The Hall–Kier alpha value is -0.870. The molecule has 4 nitrogen and oxygen atoms in total. The van der Waals surface area contributed by atoms with Gasteiger partial charge in [-0.2, -0.15) is 0 Å². The van der Waals surface area contributed by atoms with Crippen LogP contribution in [-0.4, -0.2) is 37.0 Å². The first-order valence-electron chi connectivity index (χ1n) is 4.75. The van der Waals surface area contributed by atoms with E-state index in [9.17, 15) is 4.79 Å². The van der Waals surface area contributed by atoms with E-state index in [1.807, 2.05) is 0 Å². The third-order valence-electron chi connectivity index (χ3n) is 1.52. The van der Waals surface area contributed by atoms with E-state index in [-0.39, 0.29) is 0 Å². The summed E-state index contributed by atoms with van der Waals surface area (Å²) in [6.07, 6.45) is 3.65. The fourth-order valence-electron chi connectivity index (χ4n) is 0.625. The molecule has 0 aromatic rings. The number of rotatable bonds is 6. The third-order valence-corrected chi connectivity index (χ3v) is 1.52. The summed E-state index contributed by atoms with van der Waals surface area (Å²) < 4.78 is 10.2. The molecular formula is C10H18O4. The molecule has 4 heteroatoms. The number of aliphatic carboxylic acids is 1. The summed E-state index contributed by atoms with van der Waals surface area (Å²) in [6.45, 7) is 7.74. The largest absolute Gasteiger partial charge is 0.478 e. The Balaban J connectivity index is 0.000000292. The SMILES string of the molecule is C=CC(=O)O.CCCCOCC1CO1. The Labute approximate surface area is 84.5 Å². The molecule has 0 bridgehead atoms. The molecular weight excluding hydrogens is 184 g/mol. The zero-order valence-corrected chi connectivity index (χ0v) is 8.57. The van der Waals surface area contributed by atoms with Crippen LogP contribution in [0.3, 0.4) is 0 Å². The molecule has 0 amide bonds. The monoisotopic (exact) mass is 202 g/mol. The average Bonchev–Trinajstić information content (AvgIpc) is 2.97. The van der Waals surface area contributed by atoms with Crippen LogP contribution in [0.25, 0.3) is 0 Å². The smallest absolute Gasteiger partial charge is 0.327 e. The van der Waals surface area contributed by atoms with Crippen molar-refractivity contribution in [2.24, 2.45) is 0 Å². The zero-order valence-electron chi connectivity index (χ0n) is 8.57. The highest BCUT2D eigenvalue weighted by Crippen LogP contribution is 2.08. The van der Waals surface area contributed by atoms with Gasteiger partial charge in [0.15, 0.2) is 0 Å². The molecule has 0 aromatic heterocycles. The van der Waals surface area contributed by atoms with Crippen molar-refractivity contribution in [3.8, 4) is 0 Å². The van der Waals surface area contributed by atoms with Gasteiger partial charge in [0.05, 0.1) is 13.2 Å². The predicted molar refractivity (Wildman–Crippen MR) is 53.3 cm³/mol. The van der Waals surface area contributed by atoms with Crippen molar-refractivity contribution in [3.05, 3.63) is 12.7 Å². The van der Waals surface area contributed by atoms with Gasteiger partial charge in [-0.25, -0.2) is 4.79 Å². The Kier molecular flexibility index (Phi) is 8.17. The van der Waals surface area contributed by atoms with Crippen molar-refractivity contribution < 1.29 is 19.4 Å². The fraction of sp³-hybridized carbons (Fsp3) is 0.700. The number of unbranched alkanes of at least 4 members (excludes halogenated alkanes) is 1. The normalized spacial score (nSPS) is 17.9. The molecule has 82 valence electrons. The predicted octanol–water partition coefficient (Wildman–Crippen LogP) is 1.46. The van der Waals surface area contributed by atoms with Gasteiger partial charge in [0, 0.05) is 12.7 Å². The van der Waals surface area contributed by atoms with Crippen LogP contribution in [0, 0.1) is 0 Å². The molecule has 14 heavy (non-hydrogen) atoms. The lowest BCUT2D eigenvalue weighted by Gasteiger charge is -1.97. The van der Waals surface area contributed by atoms with Gasteiger partial charge >= 0.3 is 5.97 Å². The average molecular weight is 202 g/mol. The number of carbonyl (C=O) groups is 1. The van der Waals surface area contributed by atoms with Crippen LogP contribution in [0.2, 0.25) is 0 Å². The summed E-state index contributed by atoms with van der Waals surface area (Å²) in [7, 11) is 0. The highest BCUT2D eigenvalue weighted by molar-refractivity contribution is 5.78. The molecule has 1 unspecified atom stereocenters. The number of hydrogen-bond donors (Lipinski definition) is 1. The first-order valence-corrected chi connectivity index (χ1v) is 4.75. The number of hydrogen-bond acceptors (Lipinski definition) is 3. The van der Waals surface area contributed by atoms with E-state index in [4.69, 9.17) is 14.6 Å². The molecule has 1 aliphatic rings. The molecule has 1 aliphatic heterocycles. The highest BCUT2D eigenvalue weighted by atomic mass is 16.6. The molecule has 1 atom stereocenters. The molecule has 1 fully saturated rings. The van der Waals surface area contributed by atoms with Crippen LogP contribution in [0.15, 0.2) is 12.7 Å². The van der Waals surface area contributed by atoms with E-state index in [1.54, 1.807) is 0 Å². The Morgan fingerprint density at radius 3 is 2.71 bits per heavy atom. The molecule has 1 N–H and O–H groups in total. The van der Waals surface area contributed by atoms with Crippen molar-refractivity contribution in [2.75, 3.05) is 19.8 Å². The van der Waals surface area contributed by atoms with E-state index < -0.39 is 5.97 Å². The van der Waals surface area contributed by atoms with Crippen molar-refractivity contribution in [3.63, 3.8) is 0 Å². The van der Waals surface area contributed by atoms with Gasteiger partial charge in [-0.1, -0.05) is 19.9 Å². The minimum absolute atomic E-state index is 0.432. The maximum Gasteiger partial charge on any atom is 0.327 e. The summed E-state index contributed by atoms with van der Waals surface area (Å²) in [5.74, 6) is -0.981. The summed E-state index contributed by atoms with van der Waals surface area (Å²) in [5.41, 5.74) is 0. The van der Waals surface area contributed by atoms with Crippen LogP contribution in [0.4, 0.5) is 0 Å². The second-order valence-corrected chi connectivity index (χ2v) is 2.93. The van der Waals surface area contributed by atoms with Crippen molar-refractivity contribution in [1.82, 2.24) is 0 Å². The van der Waals surface area contributed by atoms with E-state index in [0.717, 1.165) is 25.9 Å². The van der Waals surface area contributed by atoms with Gasteiger partial charge < -0.3 is 14.6 Å². The van der Waals surface area contributed by atoms with Crippen molar-refractivity contribution >= 4 is 5.97 Å². The topological polar surface area (TPSA) is 59.1 Å². The van der Waals surface area contributed by atoms with Gasteiger partial charge in [0.25, 0.3) is 0 Å². The molecule has 0 spiro atoms. The van der Waals surface area contributed by atoms with E-state index >= 15 is 0 Å². The minimum atomic E-state index is -0.981. The molecule has 0 saturated carbocycles. The Morgan fingerprint density at radius 1 is 1.79 bits per heavy atom. The van der Waals surface area contributed by atoms with Gasteiger partial charge in [0.2, 0.25) is 0 Å². The lowest BCUT2D eigenvalue weighted by Crippen LogP contribution is -2.01. The zero-order chi connectivity index (χ0) is 10.8. The fourth-order valence-corrected chi connectivity index (χ4v) is 0.625. The summed E-state index contributed by atoms with van der Waals surface area (Å²) >= 11 is 0. The summed E-state index contributed by atoms with van der Waals surface area (Å²) in [5, 5.41) is 7.60. The van der Waals surface area contributed by atoms with Gasteiger partial charge in [-0.05, 0) is 6.42 Å².